The van der Waals surface area contributed by atoms with Crippen LogP contribution in [-0.2, 0) is 0 Å². The zero-order valence-corrected chi connectivity index (χ0v) is 11.5. The summed E-state index contributed by atoms with van der Waals surface area (Å²) < 4.78 is 0. The maximum atomic E-state index is 3.63. The van der Waals surface area contributed by atoms with Gasteiger partial charge in [0.25, 0.3) is 0 Å². The lowest BCUT2D eigenvalue weighted by atomic mass is 9.80. The summed E-state index contributed by atoms with van der Waals surface area (Å²) in [5.74, 6) is 1.97. The van der Waals surface area contributed by atoms with E-state index in [1.807, 2.05) is 0 Å². The molecule has 2 atom stereocenters. The minimum atomic E-state index is 0.957. The van der Waals surface area contributed by atoms with E-state index in [2.05, 4.69) is 31.2 Å². The highest BCUT2D eigenvalue weighted by atomic mass is 15.1. The van der Waals surface area contributed by atoms with E-state index < -0.39 is 0 Å². The molecule has 1 aliphatic rings. The molecule has 0 aromatic carbocycles. The number of rotatable bonds is 7. The molecule has 16 heavy (non-hydrogen) atoms. The van der Waals surface area contributed by atoms with Crippen LogP contribution in [0.15, 0.2) is 0 Å². The van der Waals surface area contributed by atoms with Gasteiger partial charge in [-0.15, -0.1) is 0 Å². The minimum absolute atomic E-state index is 0.957. The van der Waals surface area contributed by atoms with Crippen LogP contribution in [0.25, 0.3) is 0 Å². The topological polar surface area (TPSA) is 15.3 Å². The third-order valence-electron chi connectivity index (χ3n) is 3.86. The minimum Gasteiger partial charge on any atom is -0.316 e. The highest BCUT2D eigenvalue weighted by Gasteiger charge is 2.19. The van der Waals surface area contributed by atoms with Gasteiger partial charge in [0.1, 0.15) is 0 Å². The molecule has 0 aromatic rings. The highest BCUT2D eigenvalue weighted by molar-refractivity contribution is 4.73. The van der Waals surface area contributed by atoms with E-state index in [-0.39, 0.29) is 0 Å². The van der Waals surface area contributed by atoms with Gasteiger partial charge < -0.3 is 10.2 Å². The van der Waals surface area contributed by atoms with E-state index in [0.29, 0.717) is 0 Å². The predicted octanol–water partition coefficient (Wildman–Crippen LogP) is 2.74. The molecule has 1 rings (SSSR count). The molecule has 0 spiro atoms. The molecular weight excluding hydrogens is 196 g/mol. The van der Waals surface area contributed by atoms with Crippen molar-refractivity contribution in [3.05, 3.63) is 0 Å². The van der Waals surface area contributed by atoms with Gasteiger partial charge in [0.2, 0.25) is 0 Å². The first kappa shape index (κ1) is 14.0. The van der Waals surface area contributed by atoms with Crippen molar-refractivity contribution in [3.8, 4) is 0 Å². The predicted molar refractivity (Wildman–Crippen MR) is 71.8 cm³/mol. The molecule has 2 nitrogen and oxygen atoms in total. The maximum Gasteiger partial charge on any atom is -0.00127 e. The Balaban J connectivity index is 1.99. The molecule has 0 aromatic heterocycles. The first-order valence-corrected chi connectivity index (χ1v) is 7.07. The van der Waals surface area contributed by atoms with Crippen LogP contribution in [0.2, 0.25) is 0 Å². The molecule has 1 aliphatic carbocycles. The van der Waals surface area contributed by atoms with Crippen molar-refractivity contribution in [2.45, 2.75) is 45.4 Å². The van der Waals surface area contributed by atoms with Crippen LogP contribution >= 0.6 is 0 Å². The molecule has 1 fully saturated rings. The van der Waals surface area contributed by atoms with Gasteiger partial charge in [-0.25, -0.2) is 0 Å². The normalized spacial score (nSPS) is 26.2. The second kappa shape index (κ2) is 8.08. The highest BCUT2D eigenvalue weighted by Crippen LogP contribution is 2.30. The van der Waals surface area contributed by atoms with E-state index in [1.54, 1.807) is 0 Å². The van der Waals surface area contributed by atoms with Crippen LogP contribution in [0.3, 0.4) is 0 Å². The first-order chi connectivity index (χ1) is 7.72. The average Bonchev–Trinajstić information content (AvgIpc) is 2.28. The largest absolute Gasteiger partial charge is 0.316 e. The molecule has 0 heterocycles. The maximum absolute atomic E-state index is 3.63. The summed E-state index contributed by atoms with van der Waals surface area (Å²) in [6.07, 6.45) is 8.53. The van der Waals surface area contributed by atoms with Gasteiger partial charge in [-0.3, -0.25) is 0 Å². The van der Waals surface area contributed by atoms with Gasteiger partial charge in [-0.2, -0.15) is 0 Å². The molecule has 1 N–H and O–H groups in total. The zero-order valence-electron chi connectivity index (χ0n) is 11.5. The summed E-state index contributed by atoms with van der Waals surface area (Å²) in [6.45, 7) is 5.99. The Morgan fingerprint density at radius 1 is 1.19 bits per heavy atom. The van der Waals surface area contributed by atoms with Gasteiger partial charge in [0.15, 0.2) is 0 Å². The standard InChI is InChI=1S/C14H30N2/c1-4-13-7-5-8-14(11-13)12-15-9-6-10-16(2)3/h13-15H,4-12H2,1-3H3. The Morgan fingerprint density at radius 2 is 1.94 bits per heavy atom. The van der Waals surface area contributed by atoms with Crippen LogP contribution < -0.4 is 5.32 Å². The number of nitrogens with zero attached hydrogens (tertiary/aromatic N) is 1. The molecule has 96 valence electrons. The van der Waals surface area contributed by atoms with Gasteiger partial charge >= 0.3 is 0 Å². The van der Waals surface area contributed by atoms with Crippen molar-refractivity contribution in [2.75, 3.05) is 33.7 Å². The molecule has 2 unspecified atom stereocenters. The monoisotopic (exact) mass is 226 g/mol. The Kier molecular flexibility index (Phi) is 7.06. The number of nitrogens with one attached hydrogen (secondary N) is 1. The molecule has 1 saturated carbocycles. The van der Waals surface area contributed by atoms with Crippen molar-refractivity contribution in [2.24, 2.45) is 11.8 Å². The zero-order chi connectivity index (χ0) is 11.8. The molecule has 0 radical (unpaired) electrons. The molecular formula is C14H30N2. The Labute approximate surface area is 102 Å². The lowest BCUT2D eigenvalue weighted by molar-refractivity contribution is 0.253. The quantitative estimate of drug-likeness (QED) is 0.672. The van der Waals surface area contributed by atoms with Crippen molar-refractivity contribution < 1.29 is 0 Å². The average molecular weight is 226 g/mol. The lowest BCUT2D eigenvalue weighted by Crippen LogP contribution is -2.29. The van der Waals surface area contributed by atoms with Crippen molar-refractivity contribution in [3.63, 3.8) is 0 Å². The summed E-state index contributed by atoms with van der Waals surface area (Å²) in [5, 5.41) is 3.63. The second-order valence-electron chi connectivity index (χ2n) is 5.67. The smallest absolute Gasteiger partial charge is 0.00127 e. The summed E-state index contributed by atoms with van der Waals surface area (Å²) in [4.78, 5) is 2.26. The fourth-order valence-corrected chi connectivity index (χ4v) is 2.78. The Morgan fingerprint density at radius 3 is 2.62 bits per heavy atom. The number of hydrogen-bond acceptors (Lipinski definition) is 2. The Hall–Kier alpha value is -0.0800. The fourth-order valence-electron chi connectivity index (χ4n) is 2.78. The van der Waals surface area contributed by atoms with Crippen molar-refractivity contribution in [1.29, 1.82) is 0 Å². The molecule has 0 bridgehead atoms. The van der Waals surface area contributed by atoms with Gasteiger partial charge in [-0.05, 0) is 64.8 Å². The summed E-state index contributed by atoms with van der Waals surface area (Å²) in [5.41, 5.74) is 0. The number of hydrogen-bond donors (Lipinski definition) is 1. The third-order valence-corrected chi connectivity index (χ3v) is 3.86. The van der Waals surface area contributed by atoms with Gasteiger partial charge in [-0.1, -0.05) is 26.2 Å². The van der Waals surface area contributed by atoms with Gasteiger partial charge in [0, 0.05) is 0 Å². The van der Waals surface area contributed by atoms with E-state index in [0.717, 1.165) is 11.8 Å². The van der Waals surface area contributed by atoms with Crippen LogP contribution in [-0.4, -0.2) is 38.6 Å². The van der Waals surface area contributed by atoms with Crippen LogP contribution in [0.4, 0.5) is 0 Å². The van der Waals surface area contributed by atoms with Crippen LogP contribution in [0, 0.1) is 11.8 Å². The van der Waals surface area contributed by atoms with E-state index in [9.17, 15) is 0 Å². The molecule has 2 heteroatoms. The van der Waals surface area contributed by atoms with Crippen LogP contribution in [0.5, 0.6) is 0 Å². The summed E-state index contributed by atoms with van der Waals surface area (Å²) in [7, 11) is 4.29. The second-order valence-corrected chi connectivity index (χ2v) is 5.67. The fraction of sp³-hybridized carbons (Fsp3) is 1.00. The van der Waals surface area contributed by atoms with Gasteiger partial charge in [0.05, 0.1) is 0 Å². The van der Waals surface area contributed by atoms with Crippen LogP contribution in [0.1, 0.15) is 45.4 Å². The third kappa shape index (κ3) is 5.86. The Bertz CT molecular complexity index is 168. The van der Waals surface area contributed by atoms with Crippen molar-refractivity contribution in [1.82, 2.24) is 10.2 Å². The molecule has 0 saturated heterocycles. The summed E-state index contributed by atoms with van der Waals surface area (Å²) >= 11 is 0. The van der Waals surface area contributed by atoms with E-state index in [4.69, 9.17) is 0 Å². The van der Waals surface area contributed by atoms with E-state index in [1.165, 1.54) is 58.2 Å². The van der Waals surface area contributed by atoms with Crippen molar-refractivity contribution >= 4 is 0 Å². The first-order valence-electron chi connectivity index (χ1n) is 7.07. The molecule has 0 aliphatic heterocycles. The summed E-state index contributed by atoms with van der Waals surface area (Å²) in [6, 6.07) is 0. The lowest BCUT2D eigenvalue weighted by Gasteiger charge is -2.28. The van der Waals surface area contributed by atoms with E-state index >= 15 is 0 Å². The molecule has 0 amide bonds. The SMILES string of the molecule is CCC1CCCC(CNCCCN(C)C)C1.